The number of rotatable bonds is 2. The van der Waals surface area contributed by atoms with Crippen LogP contribution in [-0.4, -0.2) is 30.9 Å². The van der Waals surface area contributed by atoms with E-state index in [1.807, 2.05) is 0 Å². The third-order valence-electron chi connectivity index (χ3n) is 2.95. The number of ether oxygens (including phenoxy) is 2. The second-order valence-electron chi connectivity index (χ2n) is 4.38. The lowest BCUT2D eigenvalue weighted by Gasteiger charge is -2.32. The number of esters is 2. The third-order valence-corrected chi connectivity index (χ3v) is 2.95. The van der Waals surface area contributed by atoms with E-state index < -0.39 is 23.5 Å². The minimum Gasteiger partial charge on any atom is -0.468 e. The van der Waals surface area contributed by atoms with E-state index in [0.717, 1.165) is 0 Å². The minimum atomic E-state index is -1.27. The van der Waals surface area contributed by atoms with Gasteiger partial charge in [0.2, 0.25) is 0 Å². The minimum absolute atomic E-state index is 0.125. The number of carbonyl (C=O) groups is 3. The van der Waals surface area contributed by atoms with Crippen molar-refractivity contribution in [1.29, 1.82) is 0 Å². The lowest BCUT2D eigenvalue weighted by atomic mass is 9.74. The molecular weight excluding hydrogens is 224 g/mol. The van der Waals surface area contributed by atoms with Gasteiger partial charge in [0.25, 0.3) is 0 Å². The van der Waals surface area contributed by atoms with Crippen LogP contribution in [0.5, 0.6) is 0 Å². The fourth-order valence-corrected chi connectivity index (χ4v) is 1.84. The summed E-state index contributed by atoms with van der Waals surface area (Å²) in [6, 6.07) is 0. The first-order valence-electron chi connectivity index (χ1n) is 5.29. The monoisotopic (exact) mass is 240 g/mol. The third kappa shape index (κ3) is 2.54. The van der Waals surface area contributed by atoms with Crippen LogP contribution < -0.4 is 0 Å². The highest BCUT2D eigenvalue weighted by molar-refractivity contribution is 6.10. The Morgan fingerprint density at radius 1 is 1.47 bits per heavy atom. The zero-order valence-corrected chi connectivity index (χ0v) is 10.4. The fourth-order valence-electron chi connectivity index (χ4n) is 1.84. The average Bonchev–Trinajstić information content (AvgIpc) is 2.24. The van der Waals surface area contributed by atoms with Crippen LogP contribution in [0, 0.1) is 5.41 Å². The zero-order valence-electron chi connectivity index (χ0n) is 10.4. The first-order chi connectivity index (χ1) is 7.81. The van der Waals surface area contributed by atoms with Crippen LogP contribution >= 0.6 is 0 Å². The molecule has 0 aromatic heterocycles. The van der Waals surface area contributed by atoms with Gasteiger partial charge in [-0.05, 0) is 25.5 Å². The molecule has 94 valence electrons. The number of carbonyl (C=O) groups excluding carboxylic acids is 3. The van der Waals surface area contributed by atoms with Crippen LogP contribution in [0.25, 0.3) is 0 Å². The summed E-state index contributed by atoms with van der Waals surface area (Å²) in [5, 5.41) is 0. The van der Waals surface area contributed by atoms with E-state index >= 15 is 0 Å². The van der Waals surface area contributed by atoms with Crippen molar-refractivity contribution >= 4 is 17.7 Å². The molecule has 0 amide bonds. The van der Waals surface area contributed by atoms with Crippen LogP contribution in [0.4, 0.5) is 0 Å². The van der Waals surface area contributed by atoms with Crippen molar-refractivity contribution < 1.29 is 23.9 Å². The summed E-state index contributed by atoms with van der Waals surface area (Å²) in [5.41, 5.74) is -0.624. The van der Waals surface area contributed by atoms with Crippen molar-refractivity contribution in [2.24, 2.45) is 5.41 Å². The number of methoxy groups -OCH3 is 1. The van der Waals surface area contributed by atoms with Crippen molar-refractivity contribution in [3.63, 3.8) is 0 Å². The molecule has 0 saturated heterocycles. The van der Waals surface area contributed by atoms with Crippen LogP contribution in [0.1, 0.15) is 27.2 Å². The van der Waals surface area contributed by atoms with E-state index in [9.17, 15) is 14.4 Å². The lowest BCUT2D eigenvalue weighted by Crippen LogP contribution is -2.44. The number of allylic oxidation sites excluding steroid dienone is 1. The van der Waals surface area contributed by atoms with E-state index in [-0.39, 0.29) is 12.2 Å². The van der Waals surface area contributed by atoms with Gasteiger partial charge in [0.15, 0.2) is 5.78 Å². The fraction of sp³-hybridized carbons (Fsp3) is 0.583. The molecule has 17 heavy (non-hydrogen) atoms. The van der Waals surface area contributed by atoms with Crippen LogP contribution in [-0.2, 0) is 23.9 Å². The van der Waals surface area contributed by atoms with Gasteiger partial charge in [-0.15, -0.1) is 0 Å². The van der Waals surface area contributed by atoms with E-state index in [4.69, 9.17) is 4.74 Å². The summed E-state index contributed by atoms with van der Waals surface area (Å²) in [6.07, 6.45) is 0.920. The Labute approximate surface area is 99.8 Å². The normalized spacial score (nSPS) is 28.4. The van der Waals surface area contributed by atoms with Gasteiger partial charge in [-0.3, -0.25) is 14.4 Å². The molecule has 1 rings (SSSR count). The molecule has 0 radical (unpaired) electrons. The largest absolute Gasteiger partial charge is 0.468 e. The van der Waals surface area contributed by atoms with E-state index in [1.165, 1.54) is 27.0 Å². The van der Waals surface area contributed by atoms with Crippen molar-refractivity contribution in [3.05, 3.63) is 11.6 Å². The molecule has 0 aliphatic heterocycles. The molecular formula is C12H16O5. The standard InChI is InChI=1S/C12H16O5/c1-7-5-10(14)12(3,11(15)16-4)6-9(7)17-8(2)13/h5,9H,6H2,1-4H3/t9-,12+/m1/s1. The Bertz CT molecular complexity index is 396. The van der Waals surface area contributed by atoms with Gasteiger partial charge in [0.05, 0.1) is 7.11 Å². The molecule has 1 aliphatic carbocycles. The molecule has 0 bridgehead atoms. The molecule has 0 heterocycles. The van der Waals surface area contributed by atoms with Crippen molar-refractivity contribution in [2.45, 2.75) is 33.3 Å². The summed E-state index contributed by atoms with van der Waals surface area (Å²) in [4.78, 5) is 34.4. The van der Waals surface area contributed by atoms with E-state index in [1.54, 1.807) is 6.92 Å². The van der Waals surface area contributed by atoms with Gasteiger partial charge in [0, 0.05) is 13.3 Å². The molecule has 0 fully saturated rings. The number of hydrogen-bond acceptors (Lipinski definition) is 5. The molecule has 0 aromatic carbocycles. The van der Waals surface area contributed by atoms with Gasteiger partial charge < -0.3 is 9.47 Å². The highest BCUT2D eigenvalue weighted by Crippen LogP contribution is 2.35. The SMILES string of the molecule is COC(=O)[C@@]1(C)C[C@@H](OC(C)=O)C(C)=CC1=O. The predicted octanol–water partition coefficient (Wildman–Crippen LogP) is 1.02. The van der Waals surface area contributed by atoms with Crippen LogP contribution in [0.2, 0.25) is 0 Å². The smallest absolute Gasteiger partial charge is 0.319 e. The quantitative estimate of drug-likeness (QED) is 0.532. The maximum absolute atomic E-state index is 11.8. The first-order valence-corrected chi connectivity index (χ1v) is 5.29. The van der Waals surface area contributed by atoms with Gasteiger partial charge in [-0.1, -0.05) is 0 Å². The number of ketones is 1. The predicted molar refractivity (Wildman–Crippen MR) is 59.1 cm³/mol. The molecule has 0 saturated carbocycles. The Balaban J connectivity index is 3.03. The summed E-state index contributed by atoms with van der Waals surface area (Å²) in [7, 11) is 1.23. The molecule has 2 atom stereocenters. The van der Waals surface area contributed by atoms with E-state index in [0.29, 0.717) is 5.57 Å². The topological polar surface area (TPSA) is 69.7 Å². The average molecular weight is 240 g/mol. The van der Waals surface area contributed by atoms with E-state index in [2.05, 4.69) is 4.74 Å². The van der Waals surface area contributed by atoms with Crippen molar-refractivity contribution in [3.8, 4) is 0 Å². The Morgan fingerprint density at radius 2 is 2.06 bits per heavy atom. The molecule has 5 heteroatoms. The Morgan fingerprint density at radius 3 is 2.53 bits per heavy atom. The van der Waals surface area contributed by atoms with Gasteiger partial charge in [-0.25, -0.2) is 0 Å². The number of hydrogen-bond donors (Lipinski definition) is 0. The zero-order chi connectivity index (χ0) is 13.2. The first kappa shape index (κ1) is 13.4. The molecule has 1 aliphatic rings. The molecule has 0 spiro atoms. The highest BCUT2D eigenvalue weighted by atomic mass is 16.5. The van der Waals surface area contributed by atoms with Gasteiger partial charge in [-0.2, -0.15) is 0 Å². The Hall–Kier alpha value is -1.65. The highest BCUT2D eigenvalue weighted by Gasteiger charge is 2.46. The second kappa shape index (κ2) is 4.69. The molecule has 0 unspecified atom stereocenters. The molecule has 0 N–H and O–H groups in total. The summed E-state index contributed by atoms with van der Waals surface area (Å²) in [6.45, 7) is 4.49. The summed E-state index contributed by atoms with van der Waals surface area (Å²) >= 11 is 0. The maximum atomic E-state index is 11.8. The van der Waals surface area contributed by atoms with Gasteiger partial charge in [0.1, 0.15) is 11.5 Å². The molecule has 0 aromatic rings. The Kier molecular flexibility index (Phi) is 3.70. The van der Waals surface area contributed by atoms with Crippen LogP contribution in [0.15, 0.2) is 11.6 Å². The second-order valence-corrected chi connectivity index (χ2v) is 4.38. The maximum Gasteiger partial charge on any atom is 0.319 e. The van der Waals surface area contributed by atoms with Crippen molar-refractivity contribution in [1.82, 2.24) is 0 Å². The summed E-state index contributed by atoms with van der Waals surface area (Å²) in [5.74, 6) is -1.36. The van der Waals surface area contributed by atoms with Gasteiger partial charge >= 0.3 is 11.9 Å². The molecule has 5 nitrogen and oxygen atoms in total. The lowest BCUT2D eigenvalue weighted by molar-refractivity contribution is -0.161. The van der Waals surface area contributed by atoms with Crippen LogP contribution in [0.3, 0.4) is 0 Å². The van der Waals surface area contributed by atoms with Crippen molar-refractivity contribution in [2.75, 3.05) is 7.11 Å². The summed E-state index contributed by atoms with van der Waals surface area (Å²) < 4.78 is 9.70.